The summed E-state index contributed by atoms with van der Waals surface area (Å²) in [5, 5.41) is 17.9. The molecule has 1 aromatic heterocycles. The first-order valence-electron chi connectivity index (χ1n) is 8.59. The summed E-state index contributed by atoms with van der Waals surface area (Å²) in [6, 6.07) is 0. The van der Waals surface area contributed by atoms with E-state index in [1.54, 1.807) is 0 Å². The van der Waals surface area contributed by atoms with E-state index in [0.29, 0.717) is 4.57 Å². The molecule has 1 heterocycles. The van der Waals surface area contributed by atoms with Gasteiger partial charge in [0.2, 0.25) is 0 Å². The molecule has 160 valence electrons. The number of carbonyl (C=O) groups excluding carboxylic acids is 1. The maximum absolute atomic E-state index is 12.5. The standard InChI is InChI=1S/C16H27N2O9P/c1-8(2)16(9(3)4,28(24,25)26)27-11(7-19)12(20)14(22)18-6-10(5)13(21)17-15(18)23/h6,8-9,11-12,19-20H,7H2,1-5H3,(H,17,21,23)(H2,24,25,26)/t11-,12+/m0/s1. The molecule has 0 aliphatic rings. The lowest BCUT2D eigenvalue weighted by Crippen LogP contribution is -2.53. The van der Waals surface area contributed by atoms with Crippen LogP contribution >= 0.6 is 7.60 Å². The summed E-state index contributed by atoms with van der Waals surface area (Å²) in [6.45, 7) is 6.38. The van der Waals surface area contributed by atoms with Gasteiger partial charge in [0.25, 0.3) is 11.5 Å². The highest BCUT2D eigenvalue weighted by Crippen LogP contribution is 2.59. The zero-order valence-corrected chi connectivity index (χ0v) is 17.2. The Hall–Kier alpha value is -1.62. The molecule has 0 aliphatic carbocycles. The van der Waals surface area contributed by atoms with Crippen LogP contribution in [0.2, 0.25) is 0 Å². The average molecular weight is 422 g/mol. The van der Waals surface area contributed by atoms with Gasteiger partial charge < -0.3 is 24.7 Å². The monoisotopic (exact) mass is 422 g/mol. The summed E-state index contributed by atoms with van der Waals surface area (Å²) in [6.07, 6.45) is -2.94. The Morgan fingerprint density at radius 3 is 2.14 bits per heavy atom. The van der Waals surface area contributed by atoms with E-state index in [9.17, 15) is 38.9 Å². The maximum Gasteiger partial charge on any atom is 0.357 e. The zero-order valence-electron chi connectivity index (χ0n) is 16.3. The van der Waals surface area contributed by atoms with Crippen molar-refractivity contribution in [3.8, 4) is 0 Å². The number of H-pyrrole nitrogens is 1. The minimum absolute atomic E-state index is 0.0236. The zero-order chi connectivity index (χ0) is 22.0. The number of aromatic nitrogens is 2. The van der Waals surface area contributed by atoms with Crippen LogP contribution in [0.25, 0.3) is 0 Å². The summed E-state index contributed by atoms with van der Waals surface area (Å²) < 4.78 is 18.2. The summed E-state index contributed by atoms with van der Waals surface area (Å²) in [7, 11) is -4.92. The van der Waals surface area contributed by atoms with E-state index >= 15 is 0 Å². The normalized spacial score (nSPS) is 15.1. The van der Waals surface area contributed by atoms with Crippen molar-refractivity contribution in [2.24, 2.45) is 11.8 Å². The van der Waals surface area contributed by atoms with Gasteiger partial charge in [-0.3, -0.25) is 19.1 Å². The minimum Gasteiger partial charge on any atom is -0.394 e. The summed E-state index contributed by atoms with van der Waals surface area (Å²) >= 11 is 0. The van der Waals surface area contributed by atoms with Crippen molar-refractivity contribution >= 4 is 13.5 Å². The van der Waals surface area contributed by atoms with Crippen molar-refractivity contribution in [3.63, 3.8) is 0 Å². The van der Waals surface area contributed by atoms with Gasteiger partial charge in [0, 0.05) is 11.8 Å². The van der Waals surface area contributed by atoms with Crippen LogP contribution in [0.4, 0.5) is 0 Å². The predicted octanol–water partition coefficient (Wildman–Crippen LogP) is -0.590. The quantitative estimate of drug-likeness (QED) is 0.342. The van der Waals surface area contributed by atoms with Crippen molar-refractivity contribution in [3.05, 3.63) is 32.6 Å². The molecule has 0 bridgehead atoms. The van der Waals surface area contributed by atoms with Crippen LogP contribution in [0.1, 0.15) is 38.1 Å². The number of ether oxygens (including phenoxy) is 1. The fraction of sp³-hybridized carbons (Fsp3) is 0.688. The number of nitrogens with one attached hydrogen (secondary N) is 1. The van der Waals surface area contributed by atoms with E-state index in [1.807, 2.05) is 4.98 Å². The minimum atomic E-state index is -4.92. The van der Waals surface area contributed by atoms with E-state index in [0.717, 1.165) is 6.20 Å². The van der Waals surface area contributed by atoms with Crippen molar-refractivity contribution in [1.82, 2.24) is 9.55 Å². The highest BCUT2D eigenvalue weighted by atomic mass is 31.2. The van der Waals surface area contributed by atoms with Gasteiger partial charge in [0.15, 0.2) is 11.4 Å². The molecule has 2 atom stereocenters. The number of aryl methyl sites for hydroxylation is 1. The van der Waals surface area contributed by atoms with Crippen LogP contribution < -0.4 is 11.2 Å². The van der Waals surface area contributed by atoms with Gasteiger partial charge in [-0.1, -0.05) is 27.7 Å². The Balaban J connectivity index is 3.37. The first-order valence-corrected chi connectivity index (χ1v) is 10.2. The van der Waals surface area contributed by atoms with Gasteiger partial charge >= 0.3 is 13.3 Å². The molecule has 1 aromatic rings. The van der Waals surface area contributed by atoms with Gasteiger partial charge in [-0.15, -0.1) is 0 Å². The Morgan fingerprint density at radius 2 is 1.75 bits per heavy atom. The number of aliphatic hydroxyl groups excluding tert-OH is 2. The van der Waals surface area contributed by atoms with Gasteiger partial charge in [0.05, 0.1) is 6.61 Å². The predicted molar refractivity (Wildman–Crippen MR) is 99.1 cm³/mol. The molecule has 0 radical (unpaired) electrons. The molecule has 5 N–H and O–H groups in total. The smallest absolute Gasteiger partial charge is 0.357 e. The summed E-state index contributed by atoms with van der Waals surface area (Å²) in [5.41, 5.74) is -1.79. The number of aromatic amines is 1. The van der Waals surface area contributed by atoms with Gasteiger partial charge in [-0.05, 0) is 18.8 Å². The number of rotatable bonds is 8. The van der Waals surface area contributed by atoms with Crippen LogP contribution in [0, 0.1) is 18.8 Å². The second-order valence-corrected chi connectivity index (χ2v) is 8.96. The Morgan fingerprint density at radius 1 is 1.25 bits per heavy atom. The lowest BCUT2D eigenvalue weighted by atomic mass is 9.94. The number of aliphatic hydroxyl groups is 2. The third-order valence-corrected chi connectivity index (χ3v) is 6.64. The molecule has 28 heavy (non-hydrogen) atoms. The Kier molecular flexibility index (Phi) is 7.68. The third kappa shape index (κ3) is 4.51. The molecule has 1 rings (SSSR count). The molecule has 0 amide bonds. The van der Waals surface area contributed by atoms with E-state index < -0.39 is 60.7 Å². The molecule has 0 spiro atoms. The Bertz CT molecular complexity index is 860. The van der Waals surface area contributed by atoms with E-state index in [2.05, 4.69) is 0 Å². The topological polar surface area (TPSA) is 179 Å². The SMILES string of the molecule is Cc1cn(C(=O)[C@H](O)[C@H](CO)OC(C(C)C)(C(C)C)P(=O)(O)O)c(=O)[nH]c1=O. The van der Waals surface area contributed by atoms with E-state index in [-0.39, 0.29) is 5.56 Å². The lowest BCUT2D eigenvalue weighted by molar-refractivity contribution is -0.146. The first kappa shape index (κ1) is 24.4. The van der Waals surface area contributed by atoms with Crippen molar-refractivity contribution in [2.45, 2.75) is 52.2 Å². The number of hydrogen-bond acceptors (Lipinski definition) is 7. The fourth-order valence-corrected chi connectivity index (χ4v) is 4.77. The molecule has 0 unspecified atom stereocenters. The first-order chi connectivity index (χ1) is 12.7. The molecule has 0 aliphatic heterocycles. The van der Waals surface area contributed by atoms with Crippen LogP contribution in [-0.4, -0.2) is 59.6 Å². The molecule has 12 heteroatoms. The molecule has 0 fully saturated rings. The maximum atomic E-state index is 12.5. The highest BCUT2D eigenvalue weighted by Gasteiger charge is 2.55. The molecule has 0 saturated carbocycles. The second kappa shape index (κ2) is 8.81. The largest absolute Gasteiger partial charge is 0.394 e. The van der Waals surface area contributed by atoms with E-state index in [4.69, 9.17) is 4.74 Å². The highest BCUT2D eigenvalue weighted by molar-refractivity contribution is 7.53. The molecule has 11 nitrogen and oxygen atoms in total. The molecular formula is C16H27N2O9P. The Labute approximate surface area is 161 Å². The van der Waals surface area contributed by atoms with Crippen LogP contribution in [0.5, 0.6) is 0 Å². The van der Waals surface area contributed by atoms with Crippen molar-refractivity contribution in [1.29, 1.82) is 0 Å². The van der Waals surface area contributed by atoms with E-state index in [1.165, 1.54) is 34.6 Å². The second-order valence-electron chi connectivity index (χ2n) is 7.17. The van der Waals surface area contributed by atoms with Crippen LogP contribution in [0.3, 0.4) is 0 Å². The fourth-order valence-electron chi connectivity index (χ4n) is 3.16. The molecular weight excluding hydrogens is 395 g/mol. The van der Waals surface area contributed by atoms with Crippen LogP contribution in [0.15, 0.2) is 15.8 Å². The number of nitrogens with zero attached hydrogens (tertiary/aromatic N) is 1. The lowest BCUT2D eigenvalue weighted by Gasteiger charge is -2.43. The van der Waals surface area contributed by atoms with Gasteiger partial charge in [-0.2, -0.15) is 0 Å². The molecule has 0 saturated heterocycles. The number of hydrogen-bond donors (Lipinski definition) is 5. The van der Waals surface area contributed by atoms with Gasteiger partial charge in [0.1, 0.15) is 6.10 Å². The van der Waals surface area contributed by atoms with Crippen molar-refractivity contribution in [2.75, 3.05) is 6.61 Å². The summed E-state index contributed by atoms with van der Waals surface area (Å²) in [4.78, 5) is 57.5. The average Bonchev–Trinajstić information content (AvgIpc) is 2.56. The van der Waals surface area contributed by atoms with Gasteiger partial charge in [-0.25, -0.2) is 9.36 Å². The van der Waals surface area contributed by atoms with Crippen LogP contribution in [-0.2, 0) is 9.30 Å². The third-order valence-electron chi connectivity index (χ3n) is 4.59. The number of carbonyl (C=O) groups is 1. The molecule has 0 aromatic carbocycles. The summed E-state index contributed by atoms with van der Waals surface area (Å²) in [5.74, 6) is -2.72. The van der Waals surface area contributed by atoms with Crippen molar-refractivity contribution < 1.29 is 34.1 Å².